The van der Waals surface area contributed by atoms with E-state index in [2.05, 4.69) is 216 Å². The summed E-state index contributed by atoms with van der Waals surface area (Å²) in [6.07, 6.45) is 0. The van der Waals surface area contributed by atoms with E-state index in [1.165, 1.54) is 160 Å². The van der Waals surface area contributed by atoms with Gasteiger partial charge in [-0.2, -0.15) is 0 Å². The standard InChI is InChI=1S/C65H51BN2/c1-34(2)43-29-48-49-30-44(35(3)4)33-54-62(49)68-61(48)53(31-43)65(51-27-38(7)17-23-46(51)47-24-18-39(8)28-52(47)65)50-25-26-56-59(63(50)68)66(54)55-32-42-11-9-10-12-45(42)58-57(40-19-13-36(5)14-20-40)60(67(56)64(55)58)41-21-15-37(6)16-22-41/h9-35H,1-8H3. The van der Waals surface area contributed by atoms with Gasteiger partial charge in [-0.25, -0.2) is 0 Å². The Balaban J connectivity index is 1.22. The van der Waals surface area contributed by atoms with Gasteiger partial charge in [-0.1, -0.05) is 183 Å². The summed E-state index contributed by atoms with van der Waals surface area (Å²) in [5, 5.41) is 6.70. The molecule has 0 saturated heterocycles. The van der Waals surface area contributed by atoms with E-state index in [4.69, 9.17) is 0 Å². The summed E-state index contributed by atoms with van der Waals surface area (Å²) in [6, 6.07) is 60.4. The molecule has 0 amide bonds. The van der Waals surface area contributed by atoms with Gasteiger partial charge in [0, 0.05) is 38.6 Å². The van der Waals surface area contributed by atoms with Gasteiger partial charge in [-0.3, -0.25) is 0 Å². The van der Waals surface area contributed by atoms with Gasteiger partial charge >= 0.3 is 0 Å². The summed E-state index contributed by atoms with van der Waals surface area (Å²) in [7, 11) is 0. The summed E-state index contributed by atoms with van der Waals surface area (Å²) in [6.45, 7) is 18.5. The van der Waals surface area contributed by atoms with Crippen LogP contribution in [-0.2, 0) is 5.41 Å². The van der Waals surface area contributed by atoms with E-state index in [-0.39, 0.29) is 6.71 Å². The summed E-state index contributed by atoms with van der Waals surface area (Å²) >= 11 is 0. The van der Waals surface area contributed by atoms with Crippen LogP contribution >= 0.6 is 0 Å². The van der Waals surface area contributed by atoms with Crippen LogP contribution in [0.15, 0.2) is 152 Å². The molecule has 5 heterocycles. The van der Waals surface area contributed by atoms with Crippen LogP contribution in [0, 0.1) is 27.7 Å². The van der Waals surface area contributed by atoms with Crippen molar-refractivity contribution in [2.75, 3.05) is 0 Å². The molecule has 324 valence electrons. The molecule has 0 radical (unpaired) electrons. The lowest BCUT2D eigenvalue weighted by molar-refractivity contribution is 0.742. The van der Waals surface area contributed by atoms with Crippen molar-refractivity contribution in [3.05, 3.63) is 207 Å². The first-order chi connectivity index (χ1) is 33.0. The van der Waals surface area contributed by atoms with Crippen LogP contribution < -0.4 is 16.4 Å². The van der Waals surface area contributed by atoms with Crippen molar-refractivity contribution in [1.29, 1.82) is 0 Å². The molecule has 3 aliphatic heterocycles. The Bertz CT molecular complexity index is 4060. The van der Waals surface area contributed by atoms with E-state index in [1.54, 1.807) is 0 Å². The Morgan fingerprint density at radius 1 is 0.456 bits per heavy atom. The predicted molar refractivity (Wildman–Crippen MR) is 289 cm³/mol. The SMILES string of the molecule is Cc1ccc(-c2c(-c3ccc(C)cc3)n3c4c(cc5ccccc5c24)B2c4c-3ccc3c4-n4c5c2cc(C(C)C)cc5c2cc(C(C)C)cc(c24)C32c3cc(C)ccc3-c3ccc(C)cc32)cc1. The van der Waals surface area contributed by atoms with Crippen LogP contribution in [-0.4, -0.2) is 15.8 Å². The normalized spacial score (nSPS) is 14.2. The number of rotatable bonds is 4. The fourth-order valence-corrected chi connectivity index (χ4v) is 13.8. The van der Waals surface area contributed by atoms with Gasteiger partial charge in [0.25, 0.3) is 6.71 Å². The first-order valence-corrected chi connectivity index (χ1v) is 24.8. The van der Waals surface area contributed by atoms with Crippen LogP contribution in [0.2, 0.25) is 0 Å². The lowest BCUT2D eigenvalue weighted by Gasteiger charge is -2.44. The highest BCUT2D eigenvalue weighted by Crippen LogP contribution is 2.62. The Kier molecular flexibility index (Phi) is 7.40. The van der Waals surface area contributed by atoms with Crippen molar-refractivity contribution in [3.8, 4) is 44.9 Å². The summed E-state index contributed by atoms with van der Waals surface area (Å²) in [5.41, 5.74) is 31.8. The van der Waals surface area contributed by atoms with Crippen molar-refractivity contribution in [2.24, 2.45) is 0 Å². The van der Waals surface area contributed by atoms with Crippen molar-refractivity contribution in [2.45, 2.75) is 72.6 Å². The topological polar surface area (TPSA) is 9.86 Å². The lowest BCUT2D eigenvalue weighted by atomic mass is 9.33. The monoisotopic (exact) mass is 870 g/mol. The Morgan fingerprint density at radius 3 is 1.71 bits per heavy atom. The first-order valence-electron chi connectivity index (χ1n) is 24.8. The molecule has 1 spiro atoms. The van der Waals surface area contributed by atoms with Crippen LogP contribution in [0.1, 0.15) is 95.2 Å². The first kappa shape index (κ1) is 38.7. The molecule has 0 fully saturated rings. The Morgan fingerprint density at radius 2 is 1.04 bits per heavy atom. The number of fused-ring (bicyclic) bond motifs is 13. The largest absolute Gasteiger partial charge is 0.310 e. The second-order valence-electron chi connectivity index (χ2n) is 21.5. The second-order valence-corrected chi connectivity index (χ2v) is 21.5. The van der Waals surface area contributed by atoms with Gasteiger partial charge in [0.1, 0.15) is 0 Å². The quantitative estimate of drug-likeness (QED) is 0.156. The van der Waals surface area contributed by atoms with E-state index >= 15 is 0 Å². The van der Waals surface area contributed by atoms with E-state index in [0.717, 1.165) is 0 Å². The molecular weight excluding hydrogens is 820 g/mol. The lowest BCUT2D eigenvalue weighted by Crippen LogP contribution is -2.60. The molecule has 11 aromatic rings. The zero-order valence-electron chi connectivity index (χ0n) is 40.1. The minimum Gasteiger partial charge on any atom is -0.310 e. The molecule has 68 heavy (non-hydrogen) atoms. The summed E-state index contributed by atoms with van der Waals surface area (Å²) < 4.78 is 5.50. The van der Waals surface area contributed by atoms with Gasteiger partial charge in [0.05, 0.1) is 22.1 Å². The molecule has 0 bridgehead atoms. The van der Waals surface area contributed by atoms with Crippen molar-refractivity contribution in [1.82, 2.24) is 9.13 Å². The number of nitrogens with zero attached hydrogens (tertiary/aromatic N) is 2. The molecule has 15 rings (SSSR count). The molecule has 1 aliphatic carbocycles. The maximum atomic E-state index is 2.78. The van der Waals surface area contributed by atoms with E-state index in [0.29, 0.717) is 11.8 Å². The highest BCUT2D eigenvalue weighted by molar-refractivity contribution is 7.00. The third-order valence-electron chi connectivity index (χ3n) is 16.8. The van der Waals surface area contributed by atoms with Crippen LogP contribution in [0.5, 0.6) is 0 Å². The molecule has 0 unspecified atom stereocenters. The molecule has 9 aromatic carbocycles. The maximum Gasteiger partial charge on any atom is 0.252 e. The minimum atomic E-state index is -0.536. The summed E-state index contributed by atoms with van der Waals surface area (Å²) in [5.74, 6) is 0.712. The molecular formula is C65H51BN2. The van der Waals surface area contributed by atoms with Crippen LogP contribution in [0.25, 0.3) is 88.4 Å². The molecule has 2 nitrogen and oxygen atoms in total. The highest BCUT2D eigenvalue weighted by atomic mass is 15.1. The molecule has 0 N–H and O–H groups in total. The molecule has 0 saturated carbocycles. The van der Waals surface area contributed by atoms with Crippen LogP contribution in [0.3, 0.4) is 0 Å². The number of hydrogen-bond donors (Lipinski definition) is 0. The van der Waals surface area contributed by atoms with Gasteiger partial charge in [-0.15, -0.1) is 0 Å². The van der Waals surface area contributed by atoms with Crippen molar-refractivity contribution >= 4 is 66.6 Å². The van der Waals surface area contributed by atoms with Gasteiger partial charge in [0.2, 0.25) is 0 Å². The molecule has 0 atom stereocenters. The molecule has 2 aromatic heterocycles. The zero-order valence-corrected chi connectivity index (χ0v) is 40.1. The smallest absolute Gasteiger partial charge is 0.252 e. The van der Waals surface area contributed by atoms with Crippen molar-refractivity contribution < 1.29 is 0 Å². The Hall–Kier alpha value is -7.36. The number of aryl methyl sites for hydroxylation is 4. The average Bonchev–Trinajstić information content (AvgIpc) is 3.96. The number of aromatic nitrogens is 2. The maximum absolute atomic E-state index is 2.78. The van der Waals surface area contributed by atoms with Gasteiger partial charge in [0.15, 0.2) is 0 Å². The number of hydrogen-bond acceptors (Lipinski definition) is 0. The van der Waals surface area contributed by atoms with E-state index < -0.39 is 5.41 Å². The fourth-order valence-electron chi connectivity index (χ4n) is 13.8. The average molecular weight is 871 g/mol. The van der Waals surface area contributed by atoms with E-state index in [9.17, 15) is 0 Å². The predicted octanol–water partition coefficient (Wildman–Crippen LogP) is 14.5. The third-order valence-corrected chi connectivity index (χ3v) is 16.8. The minimum absolute atomic E-state index is 0.00253. The van der Waals surface area contributed by atoms with E-state index in [1.807, 2.05) is 0 Å². The number of benzene rings is 9. The zero-order chi connectivity index (χ0) is 45.8. The Labute approximate surface area is 398 Å². The van der Waals surface area contributed by atoms with Crippen LogP contribution in [0.4, 0.5) is 0 Å². The van der Waals surface area contributed by atoms with Gasteiger partial charge in [-0.05, 0) is 141 Å². The van der Waals surface area contributed by atoms with Gasteiger partial charge < -0.3 is 9.13 Å². The highest BCUT2D eigenvalue weighted by Gasteiger charge is 2.55. The van der Waals surface area contributed by atoms with Crippen molar-refractivity contribution in [3.63, 3.8) is 0 Å². The fraction of sp³-hybridized carbons (Fsp3) is 0.169. The molecule has 3 heteroatoms. The molecule has 4 aliphatic rings. The third kappa shape index (κ3) is 4.56. The summed E-state index contributed by atoms with van der Waals surface area (Å²) in [4.78, 5) is 0. The second kappa shape index (κ2) is 13.0.